The van der Waals surface area contributed by atoms with Crippen LogP contribution in [-0.2, 0) is 4.79 Å². The number of hydrogen-bond donors (Lipinski definition) is 2. The number of thiophene rings is 1. The van der Waals surface area contributed by atoms with Gasteiger partial charge in [-0.05, 0) is 51.5 Å². The summed E-state index contributed by atoms with van der Waals surface area (Å²) in [5.74, 6) is -0.886. The summed E-state index contributed by atoms with van der Waals surface area (Å²) in [6, 6.07) is 8.75. The molecule has 5 heteroatoms. The average molecular weight is 326 g/mol. The molecule has 3 nitrogen and oxygen atoms in total. The lowest BCUT2D eigenvalue weighted by Gasteiger charge is -2.16. The van der Waals surface area contributed by atoms with Crippen molar-refractivity contribution < 1.29 is 9.90 Å². The number of anilines is 1. The Hall–Kier alpha value is -1.33. The van der Waals surface area contributed by atoms with Crippen molar-refractivity contribution in [2.45, 2.75) is 13.0 Å². The lowest BCUT2D eigenvalue weighted by Crippen LogP contribution is -2.20. The van der Waals surface area contributed by atoms with Crippen molar-refractivity contribution >= 4 is 38.9 Å². The zero-order chi connectivity index (χ0) is 13.1. The maximum atomic E-state index is 11.4. The van der Waals surface area contributed by atoms with Crippen molar-refractivity contribution in [3.8, 4) is 0 Å². The normalized spacial score (nSPS) is 12.1. The van der Waals surface area contributed by atoms with Crippen LogP contribution >= 0.6 is 27.3 Å². The maximum Gasteiger partial charge on any atom is 0.330 e. The Morgan fingerprint density at radius 3 is 2.72 bits per heavy atom. The molecule has 0 spiro atoms. The molecular weight excluding hydrogens is 314 g/mol. The van der Waals surface area contributed by atoms with E-state index in [1.165, 1.54) is 11.3 Å². The Bertz CT molecular complexity index is 568. The van der Waals surface area contributed by atoms with E-state index in [0.717, 1.165) is 20.6 Å². The van der Waals surface area contributed by atoms with Gasteiger partial charge >= 0.3 is 5.97 Å². The van der Waals surface area contributed by atoms with Crippen molar-refractivity contribution in [3.63, 3.8) is 0 Å². The molecule has 94 valence electrons. The van der Waals surface area contributed by atoms with Gasteiger partial charge in [-0.3, -0.25) is 0 Å². The average Bonchev–Trinajstić information content (AvgIpc) is 2.74. The molecule has 0 saturated carbocycles. The third-order valence-corrected chi connectivity index (χ3v) is 4.14. The molecule has 2 rings (SSSR count). The van der Waals surface area contributed by atoms with E-state index >= 15 is 0 Å². The molecule has 0 aliphatic rings. The number of carboxylic acids is 1. The highest BCUT2D eigenvalue weighted by Gasteiger charge is 2.21. The predicted octanol–water partition coefficient (Wildman–Crippen LogP) is 4.06. The summed E-state index contributed by atoms with van der Waals surface area (Å²) < 4.78 is 0.926. The number of nitrogens with one attached hydrogen (secondary N) is 1. The monoisotopic (exact) mass is 325 g/mol. The van der Waals surface area contributed by atoms with Crippen molar-refractivity contribution in [2.24, 2.45) is 0 Å². The summed E-state index contributed by atoms with van der Waals surface area (Å²) in [7, 11) is 0. The first-order valence-electron chi connectivity index (χ1n) is 5.37. The highest BCUT2D eigenvalue weighted by molar-refractivity contribution is 9.11. The van der Waals surface area contributed by atoms with E-state index in [9.17, 15) is 9.90 Å². The Labute approximate surface area is 118 Å². The number of benzene rings is 1. The van der Waals surface area contributed by atoms with Crippen LogP contribution in [-0.4, -0.2) is 11.1 Å². The molecule has 1 atom stereocenters. The third-order valence-electron chi connectivity index (χ3n) is 2.61. The van der Waals surface area contributed by atoms with Crippen LogP contribution in [0.5, 0.6) is 0 Å². The van der Waals surface area contributed by atoms with Crippen LogP contribution in [0.25, 0.3) is 0 Å². The first-order chi connectivity index (χ1) is 8.58. The number of aliphatic carboxylic acids is 1. The number of hydrogen-bond acceptors (Lipinski definition) is 3. The molecule has 1 aromatic heterocycles. The molecule has 1 aromatic carbocycles. The molecule has 2 N–H and O–H groups in total. The fraction of sp³-hybridized carbons (Fsp3) is 0.154. The highest BCUT2D eigenvalue weighted by atomic mass is 79.9. The standard InChI is InChI=1S/C13H12BrNO2S/c1-8-4-2-3-5-10(8)15-12(13(16)17)9-6-11(14)18-7-9/h2-7,12,15H,1H3,(H,16,17). The second-order valence-electron chi connectivity index (χ2n) is 3.91. The SMILES string of the molecule is Cc1ccccc1NC(C(=O)O)c1csc(Br)c1. The van der Waals surface area contributed by atoms with E-state index in [4.69, 9.17) is 0 Å². The number of halogens is 1. The van der Waals surface area contributed by atoms with Gasteiger partial charge < -0.3 is 10.4 Å². The molecule has 0 amide bonds. The molecule has 2 aromatic rings. The van der Waals surface area contributed by atoms with E-state index in [1.807, 2.05) is 42.6 Å². The molecule has 0 bridgehead atoms. The minimum atomic E-state index is -0.886. The van der Waals surface area contributed by atoms with Crippen LogP contribution in [0.1, 0.15) is 17.2 Å². The van der Waals surface area contributed by atoms with Crippen LogP contribution in [0.4, 0.5) is 5.69 Å². The highest BCUT2D eigenvalue weighted by Crippen LogP contribution is 2.28. The Morgan fingerprint density at radius 2 is 2.17 bits per heavy atom. The number of para-hydroxylation sites is 1. The molecule has 18 heavy (non-hydrogen) atoms. The summed E-state index contributed by atoms with van der Waals surface area (Å²) in [4.78, 5) is 11.4. The molecule has 0 aliphatic heterocycles. The number of carboxylic acid groups (broad SMARTS) is 1. The summed E-state index contributed by atoms with van der Waals surface area (Å²) in [5, 5.41) is 14.2. The first kappa shape index (κ1) is 13.1. The smallest absolute Gasteiger partial charge is 0.330 e. The van der Waals surface area contributed by atoms with Gasteiger partial charge in [0.05, 0.1) is 3.79 Å². The van der Waals surface area contributed by atoms with Crippen molar-refractivity contribution in [1.29, 1.82) is 0 Å². The Kier molecular flexibility index (Phi) is 4.04. The van der Waals surface area contributed by atoms with Gasteiger partial charge in [-0.1, -0.05) is 18.2 Å². The van der Waals surface area contributed by atoms with Crippen LogP contribution in [0, 0.1) is 6.92 Å². The largest absolute Gasteiger partial charge is 0.479 e. The van der Waals surface area contributed by atoms with Crippen LogP contribution in [0.15, 0.2) is 39.5 Å². The van der Waals surface area contributed by atoms with E-state index in [1.54, 1.807) is 0 Å². The lowest BCUT2D eigenvalue weighted by molar-refractivity contribution is -0.138. The molecule has 0 fully saturated rings. The molecule has 0 saturated heterocycles. The van der Waals surface area contributed by atoms with Crippen LogP contribution in [0.2, 0.25) is 0 Å². The second kappa shape index (κ2) is 5.54. The van der Waals surface area contributed by atoms with E-state index in [2.05, 4.69) is 21.2 Å². The minimum absolute atomic E-state index is 0.728. The van der Waals surface area contributed by atoms with Crippen LogP contribution < -0.4 is 5.32 Å². The molecule has 0 aliphatic carbocycles. The number of carbonyl (C=O) groups is 1. The minimum Gasteiger partial charge on any atom is -0.479 e. The number of rotatable bonds is 4. The lowest BCUT2D eigenvalue weighted by atomic mass is 10.1. The van der Waals surface area contributed by atoms with Gasteiger partial charge in [-0.2, -0.15) is 0 Å². The Balaban J connectivity index is 2.28. The molecule has 0 radical (unpaired) electrons. The quantitative estimate of drug-likeness (QED) is 0.891. The zero-order valence-electron chi connectivity index (χ0n) is 9.68. The third kappa shape index (κ3) is 2.91. The van der Waals surface area contributed by atoms with Crippen molar-refractivity contribution in [3.05, 3.63) is 50.6 Å². The van der Waals surface area contributed by atoms with Crippen molar-refractivity contribution in [1.82, 2.24) is 0 Å². The summed E-state index contributed by atoms with van der Waals surface area (Å²) in [5.41, 5.74) is 2.62. The van der Waals surface area contributed by atoms with Gasteiger partial charge in [0.15, 0.2) is 6.04 Å². The molecular formula is C13H12BrNO2S. The van der Waals surface area contributed by atoms with E-state index in [0.29, 0.717) is 0 Å². The van der Waals surface area contributed by atoms with E-state index < -0.39 is 12.0 Å². The van der Waals surface area contributed by atoms with Gasteiger partial charge in [0.2, 0.25) is 0 Å². The maximum absolute atomic E-state index is 11.4. The summed E-state index contributed by atoms with van der Waals surface area (Å²) in [6.07, 6.45) is 0. The van der Waals surface area contributed by atoms with Gasteiger partial charge in [0.1, 0.15) is 0 Å². The van der Waals surface area contributed by atoms with Gasteiger partial charge in [0.25, 0.3) is 0 Å². The van der Waals surface area contributed by atoms with Gasteiger partial charge in [0, 0.05) is 5.69 Å². The number of aryl methyl sites for hydroxylation is 1. The van der Waals surface area contributed by atoms with Crippen LogP contribution in [0.3, 0.4) is 0 Å². The summed E-state index contributed by atoms with van der Waals surface area (Å²) in [6.45, 7) is 1.95. The molecule has 1 unspecified atom stereocenters. The van der Waals surface area contributed by atoms with E-state index in [-0.39, 0.29) is 0 Å². The Morgan fingerprint density at radius 1 is 1.44 bits per heavy atom. The second-order valence-corrected chi connectivity index (χ2v) is 6.21. The predicted molar refractivity (Wildman–Crippen MR) is 77.2 cm³/mol. The fourth-order valence-electron chi connectivity index (χ4n) is 1.65. The van der Waals surface area contributed by atoms with Crippen molar-refractivity contribution in [2.75, 3.05) is 5.32 Å². The summed E-state index contributed by atoms with van der Waals surface area (Å²) >= 11 is 4.83. The van der Waals surface area contributed by atoms with Gasteiger partial charge in [-0.15, -0.1) is 11.3 Å². The topological polar surface area (TPSA) is 49.3 Å². The fourth-order valence-corrected chi connectivity index (χ4v) is 2.85. The zero-order valence-corrected chi connectivity index (χ0v) is 12.1. The first-order valence-corrected chi connectivity index (χ1v) is 7.04. The molecule has 1 heterocycles. The van der Waals surface area contributed by atoms with Gasteiger partial charge in [-0.25, -0.2) is 4.79 Å².